The summed E-state index contributed by atoms with van der Waals surface area (Å²) >= 11 is 9.04. The molecule has 17 heavy (non-hydrogen) atoms. The molecule has 0 N–H and O–H groups in total. The summed E-state index contributed by atoms with van der Waals surface area (Å²) in [5.74, 6) is 0.648. The van der Waals surface area contributed by atoms with Crippen molar-refractivity contribution < 1.29 is 0 Å². The molecule has 0 amide bonds. The Morgan fingerprint density at radius 3 is 2.94 bits per heavy atom. The van der Waals surface area contributed by atoms with Crippen LogP contribution in [0.5, 0.6) is 0 Å². The third-order valence-electron chi connectivity index (χ3n) is 2.04. The number of alkyl halides is 1. The molecule has 0 saturated heterocycles. The van der Waals surface area contributed by atoms with E-state index in [2.05, 4.69) is 37.3 Å². The first kappa shape index (κ1) is 12.3. The van der Waals surface area contributed by atoms with Crippen LogP contribution < -0.4 is 0 Å². The molecule has 2 heterocycles. The van der Waals surface area contributed by atoms with E-state index in [1.54, 1.807) is 23.0 Å². The van der Waals surface area contributed by atoms with Gasteiger partial charge in [0.1, 0.15) is 0 Å². The molecule has 0 aromatic carbocycles. The SMILES string of the molecule is Clc1ccc(-n2cc(C=CCCBr)cn2)nn1. The van der Waals surface area contributed by atoms with Gasteiger partial charge in [0, 0.05) is 17.1 Å². The van der Waals surface area contributed by atoms with Gasteiger partial charge in [0.15, 0.2) is 11.0 Å². The lowest BCUT2D eigenvalue weighted by Crippen LogP contribution is -1.98. The van der Waals surface area contributed by atoms with E-state index in [4.69, 9.17) is 11.6 Å². The van der Waals surface area contributed by atoms with E-state index >= 15 is 0 Å². The van der Waals surface area contributed by atoms with Gasteiger partial charge >= 0.3 is 0 Å². The average molecular weight is 314 g/mol. The molecule has 88 valence electrons. The molecule has 0 atom stereocenters. The molecule has 0 bridgehead atoms. The molecule has 2 rings (SSSR count). The fraction of sp³-hybridized carbons (Fsp3) is 0.182. The summed E-state index contributed by atoms with van der Waals surface area (Å²) in [7, 11) is 0. The van der Waals surface area contributed by atoms with Crippen LogP contribution in [0.15, 0.2) is 30.6 Å². The summed E-state index contributed by atoms with van der Waals surface area (Å²) in [5, 5.41) is 13.3. The summed E-state index contributed by atoms with van der Waals surface area (Å²) in [6.45, 7) is 0. The summed E-state index contributed by atoms with van der Waals surface area (Å²) in [6, 6.07) is 3.46. The summed E-state index contributed by atoms with van der Waals surface area (Å²) in [5.41, 5.74) is 1.03. The smallest absolute Gasteiger partial charge is 0.175 e. The van der Waals surface area contributed by atoms with E-state index in [-0.39, 0.29) is 0 Å². The van der Waals surface area contributed by atoms with E-state index in [9.17, 15) is 0 Å². The largest absolute Gasteiger partial charge is 0.220 e. The number of aromatic nitrogens is 4. The predicted octanol–water partition coefficient (Wildman–Crippen LogP) is 3.11. The van der Waals surface area contributed by atoms with E-state index in [0.29, 0.717) is 11.0 Å². The monoisotopic (exact) mass is 312 g/mol. The number of nitrogens with zero attached hydrogens (tertiary/aromatic N) is 4. The van der Waals surface area contributed by atoms with E-state index in [1.807, 2.05) is 12.3 Å². The average Bonchev–Trinajstić information content (AvgIpc) is 2.79. The minimum absolute atomic E-state index is 0.373. The van der Waals surface area contributed by atoms with Gasteiger partial charge in [0.2, 0.25) is 0 Å². The van der Waals surface area contributed by atoms with Crippen molar-refractivity contribution in [2.24, 2.45) is 0 Å². The Hall–Kier alpha value is -1.20. The van der Waals surface area contributed by atoms with Crippen LogP contribution in [0.3, 0.4) is 0 Å². The fourth-order valence-corrected chi connectivity index (χ4v) is 1.63. The maximum absolute atomic E-state index is 5.67. The molecule has 0 spiro atoms. The lowest BCUT2D eigenvalue weighted by molar-refractivity contribution is 0.814. The van der Waals surface area contributed by atoms with Gasteiger partial charge in [-0.2, -0.15) is 5.10 Å². The molecule has 2 aromatic rings. The predicted molar refractivity (Wildman–Crippen MR) is 71.6 cm³/mol. The molecule has 0 fully saturated rings. The van der Waals surface area contributed by atoms with E-state index in [1.165, 1.54) is 0 Å². The molecule has 0 aliphatic carbocycles. The van der Waals surface area contributed by atoms with Crippen LogP contribution in [0.4, 0.5) is 0 Å². The minimum Gasteiger partial charge on any atom is -0.220 e. The van der Waals surface area contributed by atoms with Gasteiger partial charge in [-0.3, -0.25) is 0 Å². The van der Waals surface area contributed by atoms with Crippen molar-refractivity contribution in [2.45, 2.75) is 6.42 Å². The lowest BCUT2D eigenvalue weighted by atomic mass is 10.3. The molecule has 0 aliphatic heterocycles. The van der Waals surface area contributed by atoms with Crippen molar-refractivity contribution >= 4 is 33.6 Å². The molecule has 0 unspecified atom stereocenters. The highest BCUT2D eigenvalue weighted by Gasteiger charge is 2.00. The van der Waals surface area contributed by atoms with Crippen molar-refractivity contribution in [2.75, 3.05) is 5.33 Å². The Bertz CT molecular complexity index is 506. The zero-order valence-corrected chi connectivity index (χ0v) is 11.3. The second-order valence-corrected chi connectivity index (χ2v) is 4.49. The van der Waals surface area contributed by atoms with Gasteiger partial charge in [0.05, 0.1) is 6.20 Å². The molecule has 6 heteroatoms. The first-order valence-electron chi connectivity index (χ1n) is 5.06. The summed E-state index contributed by atoms with van der Waals surface area (Å²) < 4.78 is 1.66. The van der Waals surface area contributed by atoms with Crippen LogP contribution in [0.1, 0.15) is 12.0 Å². The highest BCUT2D eigenvalue weighted by atomic mass is 79.9. The van der Waals surface area contributed by atoms with Crippen LogP contribution in [0.25, 0.3) is 11.9 Å². The molecule has 4 nitrogen and oxygen atoms in total. The van der Waals surface area contributed by atoms with Gasteiger partial charge < -0.3 is 0 Å². The van der Waals surface area contributed by atoms with Crippen molar-refractivity contribution in [3.05, 3.63) is 41.3 Å². The van der Waals surface area contributed by atoms with Gasteiger partial charge in [-0.1, -0.05) is 39.7 Å². The Morgan fingerprint density at radius 2 is 2.24 bits per heavy atom. The molecule has 0 saturated carbocycles. The van der Waals surface area contributed by atoms with Crippen LogP contribution in [0.2, 0.25) is 5.15 Å². The number of rotatable bonds is 4. The van der Waals surface area contributed by atoms with Crippen LogP contribution >= 0.6 is 27.5 Å². The minimum atomic E-state index is 0.373. The van der Waals surface area contributed by atoms with Crippen LogP contribution in [0, 0.1) is 0 Å². The number of hydrogen-bond donors (Lipinski definition) is 0. The van der Waals surface area contributed by atoms with Crippen molar-refractivity contribution in [1.29, 1.82) is 0 Å². The lowest BCUT2D eigenvalue weighted by Gasteiger charge is -1.97. The van der Waals surface area contributed by atoms with Crippen LogP contribution in [-0.2, 0) is 0 Å². The molecular weight excluding hydrogens is 304 g/mol. The zero-order chi connectivity index (χ0) is 12.1. The fourth-order valence-electron chi connectivity index (χ4n) is 1.26. The zero-order valence-electron chi connectivity index (χ0n) is 8.92. The molecule has 0 radical (unpaired) electrons. The Labute approximate surface area is 112 Å². The van der Waals surface area contributed by atoms with E-state index < -0.39 is 0 Å². The summed E-state index contributed by atoms with van der Waals surface area (Å²) in [6.07, 6.45) is 8.77. The van der Waals surface area contributed by atoms with Crippen LogP contribution in [-0.4, -0.2) is 25.3 Å². The van der Waals surface area contributed by atoms with E-state index in [0.717, 1.165) is 17.3 Å². The molecular formula is C11H10BrClN4. The van der Waals surface area contributed by atoms with Gasteiger partial charge in [0.25, 0.3) is 0 Å². The van der Waals surface area contributed by atoms with Crippen molar-refractivity contribution in [1.82, 2.24) is 20.0 Å². The third kappa shape index (κ3) is 3.38. The number of hydrogen-bond acceptors (Lipinski definition) is 3. The first-order valence-corrected chi connectivity index (χ1v) is 6.56. The van der Waals surface area contributed by atoms with Gasteiger partial charge in [-0.05, 0) is 18.6 Å². The Kier molecular flexibility index (Phi) is 4.28. The maximum Gasteiger partial charge on any atom is 0.175 e. The van der Waals surface area contributed by atoms with Gasteiger partial charge in [-0.25, -0.2) is 4.68 Å². The third-order valence-corrected chi connectivity index (χ3v) is 2.70. The topological polar surface area (TPSA) is 43.6 Å². The Morgan fingerprint density at radius 1 is 1.35 bits per heavy atom. The molecule has 0 aliphatic rings. The number of halogens is 2. The summed E-state index contributed by atoms with van der Waals surface area (Å²) in [4.78, 5) is 0. The standard InChI is InChI=1S/C11H10BrClN4/c12-6-2-1-3-9-7-14-17(8-9)11-5-4-10(13)15-16-11/h1,3-5,7-8H,2,6H2. The van der Waals surface area contributed by atoms with Crippen molar-refractivity contribution in [3.63, 3.8) is 0 Å². The normalized spacial score (nSPS) is 11.2. The first-order chi connectivity index (χ1) is 8.29. The highest BCUT2D eigenvalue weighted by molar-refractivity contribution is 9.09. The Balaban J connectivity index is 2.15. The second kappa shape index (κ2) is 5.93. The maximum atomic E-state index is 5.67. The van der Waals surface area contributed by atoms with Crippen molar-refractivity contribution in [3.8, 4) is 5.82 Å². The second-order valence-electron chi connectivity index (χ2n) is 3.31. The highest BCUT2D eigenvalue weighted by Crippen LogP contribution is 2.09. The quantitative estimate of drug-likeness (QED) is 0.815. The van der Waals surface area contributed by atoms with Gasteiger partial charge in [-0.15, -0.1) is 10.2 Å². The number of allylic oxidation sites excluding steroid dienone is 1. The molecule has 2 aromatic heterocycles.